The molecule has 0 unspecified atom stereocenters. The van der Waals surface area contributed by atoms with E-state index >= 15 is 0 Å². The highest BCUT2D eigenvalue weighted by Gasteiger charge is 2.10. The van der Waals surface area contributed by atoms with Crippen LogP contribution in [0.2, 0.25) is 5.02 Å². The largest absolute Gasteiger partial charge is 0.334 e. The summed E-state index contributed by atoms with van der Waals surface area (Å²) in [5.41, 5.74) is 3.75. The molecule has 1 amide bonds. The lowest BCUT2D eigenvalue weighted by Gasteiger charge is -2.08. The average Bonchev–Trinajstić information content (AvgIpc) is 3.08. The summed E-state index contributed by atoms with van der Waals surface area (Å²) in [5.74, 6) is 1.75. The van der Waals surface area contributed by atoms with Gasteiger partial charge in [0.05, 0.1) is 11.5 Å². The number of halogens is 1. The van der Waals surface area contributed by atoms with Gasteiger partial charge >= 0.3 is 0 Å². The number of carbonyl (C=O) groups excluding carboxylic acids is 1. The molecule has 3 aromatic rings. The number of carbonyl (C=O) groups is 1. The fourth-order valence-corrected chi connectivity index (χ4v) is 3.11. The van der Waals surface area contributed by atoms with Crippen LogP contribution in [0.25, 0.3) is 11.5 Å². The van der Waals surface area contributed by atoms with Gasteiger partial charge in [0.15, 0.2) is 5.82 Å². The number of rotatable bonds is 6. The van der Waals surface area contributed by atoms with Crippen molar-refractivity contribution < 1.29 is 9.32 Å². The van der Waals surface area contributed by atoms with E-state index in [-0.39, 0.29) is 5.91 Å². The number of benzene rings is 2. The smallest absolute Gasteiger partial charge is 0.257 e. The molecule has 1 heterocycles. The number of aromatic nitrogens is 2. The van der Waals surface area contributed by atoms with Gasteiger partial charge in [0, 0.05) is 16.3 Å². The first-order valence-electron chi connectivity index (χ1n) is 8.04. The second-order valence-electron chi connectivity index (χ2n) is 5.88. The zero-order chi connectivity index (χ0) is 18.5. The fraction of sp³-hybridized carbons (Fsp3) is 0.211. The van der Waals surface area contributed by atoms with Crippen LogP contribution >= 0.6 is 23.4 Å². The number of hydrogen-bond donors (Lipinski definition) is 1. The van der Waals surface area contributed by atoms with Crippen molar-refractivity contribution in [2.24, 2.45) is 0 Å². The first-order valence-corrected chi connectivity index (χ1v) is 9.58. The van der Waals surface area contributed by atoms with Gasteiger partial charge in [-0.1, -0.05) is 40.5 Å². The Hall–Kier alpha value is -2.31. The summed E-state index contributed by atoms with van der Waals surface area (Å²) >= 11 is 7.39. The van der Waals surface area contributed by atoms with Crippen LogP contribution in [0, 0.1) is 13.8 Å². The molecule has 0 saturated carbocycles. The predicted molar refractivity (Wildman–Crippen MR) is 105 cm³/mol. The standard InChI is InChI=1S/C19H18ClN3O2S/c1-12-3-6-14(7-4-12)19-22-17(23-25-19)10-26-11-18(24)21-16-9-15(20)8-5-13(16)2/h3-9H,10-11H2,1-2H3,(H,21,24). The Morgan fingerprint density at radius 3 is 2.73 bits per heavy atom. The lowest BCUT2D eigenvalue weighted by atomic mass is 10.1. The van der Waals surface area contributed by atoms with Gasteiger partial charge in [-0.05, 0) is 43.7 Å². The lowest BCUT2D eigenvalue weighted by molar-refractivity contribution is -0.113. The molecular weight excluding hydrogens is 370 g/mol. The summed E-state index contributed by atoms with van der Waals surface area (Å²) < 4.78 is 5.28. The van der Waals surface area contributed by atoms with Crippen LogP contribution in [-0.4, -0.2) is 21.8 Å². The molecule has 0 bridgehead atoms. The molecule has 1 N–H and O–H groups in total. The van der Waals surface area contributed by atoms with Gasteiger partial charge in [-0.15, -0.1) is 11.8 Å². The molecule has 2 aromatic carbocycles. The third-order valence-corrected chi connectivity index (χ3v) is 4.87. The molecule has 0 radical (unpaired) electrons. The van der Waals surface area contributed by atoms with Crippen LogP contribution in [0.15, 0.2) is 47.0 Å². The van der Waals surface area contributed by atoms with E-state index in [1.54, 1.807) is 12.1 Å². The van der Waals surface area contributed by atoms with Crippen LogP contribution in [-0.2, 0) is 10.5 Å². The summed E-state index contributed by atoms with van der Waals surface area (Å²) in [5, 5.41) is 7.42. The van der Waals surface area contributed by atoms with Crippen molar-refractivity contribution in [1.29, 1.82) is 0 Å². The normalized spacial score (nSPS) is 10.7. The minimum absolute atomic E-state index is 0.0948. The molecular formula is C19H18ClN3O2S. The summed E-state index contributed by atoms with van der Waals surface area (Å²) in [6.07, 6.45) is 0. The van der Waals surface area contributed by atoms with E-state index in [0.717, 1.165) is 16.8 Å². The molecule has 7 heteroatoms. The zero-order valence-electron chi connectivity index (χ0n) is 14.5. The van der Waals surface area contributed by atoms with Crippen molar-refractivity contribution in [2.75, 3.05) is 11.1 Å². The van der Waals surface area contributed by atoms with Gasteiger partial charge in [0.1, 0.15) is 0 Å². The highest BCUT2D eigenvalue weighted by molar-refractivity contribution is 7.99. The van der Waals surface area contributed by atoms with Crippen molar-refractivity contribution in [3.63, 3.8) is 0 Å². The van der Waals surface area contributed by atoms with E-state index in [2.05, 4.69) is 15.5 Å². The molecule has 5 nitrogen and oxygen atoms in total. The zero-order valence-corrected chi connectivity index (χ0v) is 16.0. The summed E-state index contributed by atoms with van der Waals surface area (Å²) in [7, 11) is 0. The molecule has 1 aromatic heterocycles. The fourth-order valence-electron chi connectivity index (χ4n) is 2.28. The molecule has 3 rings (SSSR count). The maximum Gasteiger partial charge on any atom is 0.257 e. The molecule has 0 aliphatic rings. The van der Waals surface area contributed by atoms with Gasteiger partial charge in [-0.25, -0.2) is 0 Å². The van der Waals surface area contributed by atoms with Crippen molar-refractivity contribution in [3.05, 3.63) is 64.4 Å². The van der Waals surface area contributed by atoms with Crippen LogP contribution in [0.5, 0.6) is 0 Å². The van der Waals surface area contributed by atoms with E-state index in [1.807, 2.05) is 44.2 Å². The first kappa shape index (κ1) is 18.5. The number of nitrogens with zero attached hydrogens (tertiary/aromatic N) is 2. The Morgan fingerprint density at radius 2 is 1.96 bits per heavy atom. The second kappa shape index (κ2) is 8.38. The van der Waals surface area contributed by atoms with Crippen LogP contribution in [0.1, 0.15) is 17.0 Å². The summed E-state index contributed by atoms with van der Waals surface area (Å²) in [4.78, 5) is 16.5. The van der Waals surface area contributed by atoms with E-state index in [1.165, 1.54) is 17.3 Å². The van der Waals surface area contributed by atoms with E-state index in [0.29, 0.717) is 28.2 Å². The molecule has 0 aliphatic heterocycles. The number of thioether (sulfide) groups is 1. The number of aryl methyl sites for hydroxylation is 2. The SMILES string of the molecule is Cc1ccc(-c2nc(CSCC(=O)Nc3cc(Cl)ccc3C)no2)cc1. The second-order valence-corrected chi connectivity index (χ2v) is 7.30. The van der Waals surface area contributed by atoms with E-state index < -0.39 is 0 Å². The lowest BCUT2D eigenvalue weighted by Crippen LogP contribution is -2.15. The quantitative estimate of drug-likeness (QED) is 0.652. The topological polar surface area (TPSA) is 68.0 Å². The number of hydrogen-bond acceptors (Lipinski definition) is 5. The highest BCUT2D eigenvalue weighted by atomic mass is 35.5. The molecule has 0 atom stereocenters. The van der Waals surface area contributed by atoms with E-state index in [4.69, 9.17) is 16.1 Å². The average molecular weight is 388 g/mol. The van der Waals surface area contributed by atoms with Crippen molar-refractivity contribution in [2.45, 2.75) is 19.6 Å². The van der Waals surface area contributed by atoms with Crippen molar-refractivity contribution in [1.82, 2.24) is 10.1 Å². The van der Waals surface area contributed by atoms with Crippen LogP contribution in [0.4, 0.5) is 5.69 Å². The monoisotopic (exact) mass is 387 g/mol. The minimum atomic E-state index is -0.0948. The number of amides is 1. The Morgan fingerprint density at radius 1 is 1.19 bits per heavy atom. The summed E-state index contributed by atoms with van der Waals surface area (Å²) in [6, 6.07) is 13.3. The number of anilines is 1. The Balaban J connectivity index is 1.51. The maximum absolute atomic E-state index is 12.1. The minimum Gasteiger partial charge on any atom is -0.334 e. The van der Waals surface area contributed by atoms with Gasteiger partial charge in [0.2, 0.25) is 5.91 Å². The van der Waals surface area contributed by atoms with Gasteiger partial charge in [-0.2, -0.15) is 4.98 Å². The Labute approximate surface area is 161 Å². The highest BCUT2D eigenvalue weighted by Crippen LogP contribution is 2.21. The predicted octanol–water partition coefficient (Wildman–Crippen LogP) is 4.88. The van der Waals surface area contributed by atoms with Gasteiger partial charge in [0.25, 0.3) is 5.89 Å². The molecule has 0 spiro atoms. The molecule has 0 saturated heterocycles. The van der Waals surface area contributed by atoms with Crippen molar-refractivity contribution >= 4 is 35.0 Å². The van der Waals surface area contributed by atoms with Gasteiger partial charge < -0.3 is 9.84 Å². The molecule has 0 aliphatic carbocycles. The molecule has 134 valence electrons. The van der Waals surface area contributed by atoms with Crippen LogP contribution < -0.4 is 5.32 Å². The van der Waals surface area contributed by atoms with E-state index in [9.17, 15) is 4.79 Å². The third-order valence-electron chi connectivity index (χ3n) is 3.70. The summed E-state index contributed by atoms with van der Waals surface area (Å²) in [6.45, 7) is 3.95. The molecule has 26 heavy (non-hydrogen) atoms. The maximum atomic E-state index is 12.1. The van der Waals surface area contributed by atoms with Gasteiger partial charge in [-0.3, -0.25) is 4.79 Å². The van der Waals surface area contributed by atoms with Crippen molar-refractivity contribution in [3.8, 4) is 11.5 Å². The Bertz CT molecular complexity index is 909. The number of nitrogens with one attached hydrogen (secondary N) is 1. The van der Waals surface area contributed by atoms with Crippen LogP contribution in [0.3, 0.4) is 0 Å². The third kappa shape index (κ3) is 4.86. The first-order chi connectivity index (χ1) is 12.5. The molecule has 0 fully saturated rings. The Kier molecular flexibility index (Phi) is 5.96.